The Morgan fingerprint density at radius 3 is 1.37 bits per heavy atom. The van der Waals surface area contributed by atoms with Gasteiger partial charge in [-0.2, -0.15) is 0 Å². The molecule has 14 heteroatoms. The van der Waals surface area contributed by atoms with E-state index in [1.54, 1.807) is 6.08 Å². The second-order valence-corrected chi connectivity index (χ2v) is 18.9. The van der Waals surface area contributed by atoms with Crippen LogP contribution in [-0.2, 0) is 18.4 Å². The zero-order valence-corrected chi connectivity index (χ0v) is 38.5. The van der Waals surface area contributed by atoms with E-state index < -0.39 is 75.2 Å². The van der Waals surface area contributed by atoms with Crippen LogP contribution in [0.4, 0.5) is 0 Å². The van der Waals surface area contributed by atoms with Gasteiger partial charge in [-0.25, -0.2) is 4.57 Å². The maximum Gasteiger partial charge on any atom is 0.472 e. The highest BCUT2D eigenvalue weighted by Gasteiger charge is 2.51. The Labute approximate surface area is 363 Å². The molecule has 0 radical (unpaired) electrons. The van der Waals surface area contributed by atoms with Gasteiger partial charge in [0.15, 0.2) is 0 Å². The maximum absolute atomic E-state index is 13.0. The Morgan fingerprint density at radius 2 is 0.950 bits per heavy atom. The van der Waals surface area contributed by atoms with Gasteiger partial charge in [0.25, 0.3) is 0 Å². The summed E-state index contributed by atoms with van der Waals surface area (Å²) in [7, 11) is -5.13. The second kappa shape index (κ2) is 36.4. The lowest BCUT2D eigenvalue weighted by molar-refractivity contribution is -0.220. The number of nitrogens with one attached hydrogen (secondary N) is 1. The Hall–Kier alpha value is -0.960. The SMILES string of the molecule is CCCCCCCCCCC/C=C/C(O)C(COP(=O)(O)OC1C(O)C(O)C(O)C(O)C1O)NC(=O)CC(O)CCCCCCCCCCCCCCCCCCCCC. The van der Waals surface area contributed by atoms with Crippen LogP contribution >= 0.6 is 7.82 Å². The van der Waals surface area contributed by atoms with E-state index in [2.05, 4.69) is 19.2 Å². The minimum Gasteiger partial charge on any atom is -0.393 e. The van der Waals surface area contributed by atoms with Crippen LogP contribution in [0.5, 0.6) is 0 Å². The molecule has 1 saturated carbocycles. The monoisotopic (exact) mass is 880 g/mol. The Kier molecular flexibility index (Phi) is 34.6. The predicted octanol–water partition coefficient (Wildman–Crippen LogP) is 8.20. The number of phosphoric acid groups is 1. The number of rotatable bonds is 40. The fourth-order valence-electron chi connectivity index (χ4n) is 7.89. The molecule has 0 aromatic heterocycles. The van der Waals surface area contributed by atoms with Gasteiger partial charge < -0.3 is 46.0 Å². The summed E-state index contributed by atoms with van der Waals surface area (Å²) in [5.74, 6) is -0.590. The number of amides is 1. The Morgan fingerprint density at radius 1 is 0.583 bits per heavy atom. The lowest BCUT2D eigenvalue weighted by atomic mass is 9.85. The van der Waals surface area contributed by atoms with Gasteiger partial charge in [-0.05, 0) is 19.3 Å². The van der Waals surface area contributed by atoms with E-state index in [-0.39, 0.29) is 6.42 Å². The number of phosphoric ester groups is 1. The topological polar surface area (TPSA) is 226 Å². The summed E-state index contributed by atoms with van der Waals surface area (Å²) < 4.78 is 22.8. The van der Waals surface area contributed by atoms with Crippen molar-refractivity contribution in [2.45, 2.75) is 268 Å². The van der Waals surface area contributed by atoms with Crippen molar-refractivity contribution >= 4 is 13.7 Å². The highest BCUT2D eigenvalue weighted by atomic mass is 31.2. The fraction of sp³-hybridized carbons (Fsp3) is 0.935. The second-order valence-electron chi connectivity index (χ2n) is 17.5. The largest absolute Gasteiger partial charge is 0.472 e. The molecule has 0 aromatic carbocycles. The van der Waals surface area contributed by atoms with Gasteiger partial charge >= 0.3 is 7.82 Å². The van der Waals surface area contributed by atoms with E-state index in [0.29, 0.717) is 12.8 Å². The van der Waals surface area contributed by atoms with Gasteiger partial charge in [-0.3, -0.25) is 13.8 Å². The first-order valence-corrected chi connectivity index (χ1v) is 25.7. The van der Waals surface area contributed by atoms with E-state index in [1.807, 2.05) is 0 Å². The minimum atomic E-state index is -5.13. The molecular weight excluding hydrogens is 789 g/mol. The minimum absolute atomic E-state index is 0.240. The molecule has 8 unspecified atom stereocenters. The standard InChI is InChI=1S/C46H90NO12P/c1-3-5-7-9-11-13-15-16-17-18-19-20-21-22-24-25-27-29-31-33-37(48)35-40(50)47-38(39(49)34-32-30-28-26-23-14-12-10-8-6-4-2)36-58-60(56,57)59-46-44(54)42(52)41(51)43(53)45(46)55/h32,34,37-39,41-46,48-49,51-55H,3-31,33,35-36H2,1-2H3,(H,47,50)(H,56,57)/b34-32+. The van der Waals surface area contributed by atoms with Crippen molar-refractivity contribution in [2.24, 2.45) is 0 Å². The van der Waals surface area contributed by atoms with Crippen LogP contribution in [0.25, 0.3) is 0 Å². The summed E-state index contributed by atoms with van der Waals surface area (Å²) in [6.45, 7) is 3.73. The Balaban J connectivity index is 2.45. The van der Waals surface area contributed by atoms with Crippen LogP contribution in [0, 0.1) is 0 Å². The molecule has 356 valence electrons. The van der Waals surface area contributed by atoms with E-state index in [0.717, 1.165) is 44.9 Å². The van der Waals surface area contributed by atoms with Gasteiger partial charge in [0.05, 0.1) is 31.3 Å². The molecule has 0 aromatic rings. The molecule has 60 heavy (non-hydrogen) atoms. The zero-order chi connectivity index (χ0) is 44.4. The van der Waals surface area contributed by atoms with Gasteiger partial charge in [0, 0.05) is 0 Å². The van der Waals surface area contributed by atoms with Gasteiger partial charge in [-0.15, -0.1) is 0 Å². The molecule has 1 amide bonds. The van der Waals surface area contributed by atoms with Crippen LogP contribution in [0.1, 0.15) is 213 Å². The van der Waals surface area contributed by atoms with Crippen molar-refractivity contribution in [3.63, 3.8) is 0 Å². The first-order valence-electron chi connectivity index (χ1n) is 24.2. The molecule has 1 aliphatic rings. The number of hydrogen-bond acceptors (Lipinski definition) is 11. The number of allylic oxidation sites excluding steroid dienone is 1. The highest BCUT2D eigenvalue weighted by molar-refractivity contribution is 7.47. The number of carbonyl (C=O) groups is 1. The summed E-state index contributed by atoms with van der Waals surface area (Å²) in [4.78, 5) is 23.4. The van der Waals surface area contributed by atoms with Crippen LogP contribution < -0.4 is 5.32 Å². The van der Waals surface area contributed by atoms with Gasteiger partial charge in [-0.1, -0.05) is 199 Å². The molecule has 1 fully saturated rings. The third-order valence-electron chi connectivity index (χ3n) is 11.9. The molecule has 13 nitrogen and oxygen atoms in total. The number of unbranched alkanes of at least 4 members (excludes halogenated alkanes) is 27. The summed E-state index contributed by atoms with van der Waals surface area (Å²) in [6, 6.07) is -1.23. The van der Waals surface area contributed by atoms with Crippen LogP contribution in [0.3, 0.4) is 0 Å². The van der Waals surface area contributed by atoms with Crippen molar-refractivity contribution in [1.82, 2.24) is 5.32 Å². The molecular formula is C46H90NO12P. The summed E-state index contributed by atoms with van der Waals surface area (Å²) in [5, 5.41) is 74.4. The van der Waals surface area contributed by atoms with E-state index in [4.69, 9.17) is 9.05 Å². The third kappa shape index (κ3) is 28.0. The lowest BCUT2D eigenvalue weighted by Gasteiger charge is -2.41. The number of aliphatic hydroxyl groups is 7. The molecule has 0 heterocycles. The average molecular weight is 880 g/mol. The van der Waals surface area contributed by atoms with Crippen LogP contribution in [0.15, 0.2) is 12.2 Å². The lowest BCUT2D eigenvalue weighted by Crippen LogP contribution is -2.64. The Bertz CT molecular complexity index is 1090. The molecule has 9 N–H and O–H groups in total. The van der Waals surface area contributed by atoms with Crippen molar-refractivity contribution in [1.29, 1.82) is 0 Å². The van der Waals surface area contributed by atoms with Crippen molar-refractivity contribution in [2.75, 3.05) is 6.61 Å². The quantitative estimate of drug-likeness (QED) is 0.0161. The molecule has 1 aliphatic carbocycles. The molecule has 0 spiro atoms. The smallest absolute Gasteiger partial charge is 0.393 e. The van der Waals surface area contributed by atoms with Crippen LogP contribution in [-0.4, -0.2) is 108 Å². The van der Waals surface area contributed by atoms with Crippen molar-refractivity contribution in [3.8, 4) is 0 Å². The van der Waals surface area contributed by atoms with Crippen molar-refractivity contribution < 1.29 is 59.0 Å². The highest BCUT2D eigenvalue weighted by Crippen LogP contribution is 2.47. The normalized spacial score (nSPS) is 23.4. The summed E-state index contributed by atoms with van der Waals surface area (Å²) in [6.07, 6.45) is 24.5. The molecule has 1 rings (SSSR count). The fourth-order valence-corrected chi connectivity index (χ4v) is 8.86. The number of hydrogen-bond donors (Lipinski definition) is 9. The van der Waals surface area contributed by atoms with E-state index >= 15 is 0 Å². The summed E-state index contributed by atoms with van der Waals surface area (Å²) in [5.41, 5.74) is 0. The molecule has 0 bridgehead atoms. The summed E-state index contributed by atoms with van der Waals surface area (Å²) >= 11 is 0. The van der Waals surface area contributed by atoms with Gasteiger partial charge in [0.2, 0.25) is 5.91 Å². The first-order chi connectivity index (χ1) is 28.8. The van der Waals surface area contributed by atoms with Gasteiger partial charge in [0.1, 0.15) is 36.6 Å². The van der Waals surface area contributed by atoms with E-state index in [1.165, 1.54) is 141 Å². The number of aliphatic hydroxyl groups excluding tert-OH is 7. The third-order valence-corrected chi connectivity index (χ3v) is 12.9. The maximum atomic E-state index is 13.0. The van der Waals surface area contributed by atoms with Crippen molar-refractivity contribution in [3.05, 3.63) is 12.2 Å². The number of carbonyl (C=O) groups excluding carboxylic acids is 1. The van der Waals surface area contributed by atoms with Crippen LogP contribution in [0.2, 0.25) is 0 Å². The first kappa shape index (κ1) is 57.1. The molecule has 0 aliphatic heterocycles. The molecule has 0 saturated heterocycles. The molecule has 8 atom stereocenters. The predicted molar refractivity (Wildman–Crippen MR) is 238 cm³/mol. The average Bonchev–Trinajstić information content (AvgIpc) is 3.22. The zero-order valence-electron chi connectivity index (χ0n) is 37.6. The van der Waals surface area contributed by atoms with E-state index in [9.17, 15) is 50.0 Å².